The van der Waals surface area contributed by atoms with Gasteiger partial charge in [-0.05, 0) is 42.6 Å². The van der Waals surface area contributed by atoms with E-state index in [2.05, 4.69) is 15.4 Å². The summed E-state index contributed by atoms with van der Waals surface area (Å²) in [5.41, 5.74) is 2.46. The van der Waals surface area contributed by atoms with Crippen molar-refractivity contribution in [1.82, 2.24) is 24.6 Å². The van der Waals surface area contributed by atoms with Crippen LogP contribution in [0.1, 0.15) is 35.7 Å². The van der Waals surface area contributed by atoms with Crippen molar-refractivity contribution in [3.05, 3.63) is 89.7 Å². The number of halogens is 2. The third-order valence-corrected chi connectivity index (χ3v) is 6.16. The van der Waals surface area contributed by atoms with E-state index in [1.165, 1.54) is 11.3 Å². The molecule has 0 aliphatic rings. The Bertz CT molecular complexity index is 1410. The number of nitrogens with one attached hydrogen (secondary N) is 1. The lowest BCUT2D eigenvalue weighted by Gasteiger charge is -2.15. The number of benzene rings is 2. The molecule has 0 aliphatic heterocycles. The summed E-state index contributed by atoms with van der Waals surface area (Å²) in [6.45, 7) is -1.14. The fourth-order valence-corrected chi connectivity index (χ4v) is 4.48. The number of para-hydroxylation sites is 3. The molecule has 0 aliphatic carbocycles. The Labute approximate surface area is 192 Å². The lowest BCUT2D eigenvalue weighted by atomic mass is 10.2. The number of nitrogens with zero attached hydrogens (tertiary/aromatic N) is 4. The Hall–Kier alpha value is -3.85. The summed E-state index contributed by atoms with van der Waals surface area (Å²) < 4.78 is 30.2. The molecule has 6 nitrogen and oxygen atoms in total. The fraction of sp³-hybridized carbons (Fsp3) is 0.125. The van der Waals surface area contributed by atoms with Crippen LogP contribution in [0.2, 0.25) is 0 Å². The number of hydrogen-bond donors (Lipinski definition) is 1. The van der Waals surface area contributed by atoms with E-state index in [1.54, 1.807) is 42.1 Å². The van der Waals surface area contributed by atoms with Gasteiger partial charge in [0, 0.05) is 6.20 Å². The van der Waals surface area contributed by atoms with Gasteiger partial charge >= 0.3 is 6.55 Å². The Morgan fingerprint density at radius 2 is 1.79 bits per heavy atom. The molecular formula is C24H19F2N5OS. The van der Waals surface area contributed by atoms with Crippen LogP contribution in [0.3, 0.4) is 0 Å². The molecule has 166 valence electrons. The van der Waals surface area contributed by atoms with Gasteiger partial charge in [0.2, 0.25) is 0 Å². The summed E-state index contributed by atoms with van der Waals surface area (Å²) in [4.78, 5) is 18.5. The summed E-state index contributed by atoms with van der Waals surface area (Å²) >= 11 is 1.47. The van der Waals surface area contributed by atoms with Gasteiger partial charge in [0.25, 0.3) is 5.91 Å². The molecule has 3 heterocycles. The van der Waals surface area contributed by atoms with E-state index < -0.39 is 18.5 Å². The van der Waals surface area contributed by atoms with Crippen molar-refractivity contribution in [3.8, 4) is 16.3 Å². The smallest absolute Gasteiger partial charge is 0.320 e. The quantitative estimate of drug-likeness (QED) is 0.344. The van der Waals surface area contributed by atoms with Crippen molar-refractivity contribution in [2.45, 2.75) is 19.5 Å². The highest BCUT2D eigenvalue weighted by molar-refractivity contribution is 7.13. The van der Waals surface area contributed by atoms with Crippen LogP contribution in [-0.4, -0.2) is 25.2 Å². The third kappa shape index (κ3) is 3.91. The Kier molecular flexibility index (Phi) is 5.47. The first-order valence-electron chi connectivity index (χ1n) is 10.3. The van der Waals surface area contributed by atoms with E-state index in [1.807, 2.05) is 47.8 Å². The largest absolute Gasteiger partial charge is 0.342 e. The molecule has 1 amide bonds. The number of imidazole rings is 1. The number of carbonyl (C=O) groups excluding carboxylic acids is 1. The zero-order valence-corrected chi connectivity index (χ0v) is 18.3. The molecule has 0 saturated carbocycles. The number of fused-ring (bicyclic) bond motifs is 1. The molecule has 2 aromatic carbocycles. The van der Waals surface area contributed by atoms with Gasteiger partial charge < -0.3 is 5.32 Å². The number of amides is 1. The Morgan fingerprint density at radius 3 is 2.52 bits per heavy atom. The maximum absolute atomic E-state index is 13.9. The molecule has 1 atom stereocenters. The van der Waals surface area contributed by atoms with Gasteiger partial charge in [0.15, 0.2) is 0 Å². The van der Waals surface area contributed by atoms with Gasteiger partial charge in [-0.1, -0.05) is 36.4 Å². The van der Waals surface area contributed by atoms with Gasteiger partial charge in [0.05, 0.1) is 33.2 Å². The number of carbonyl (C=O) groups is 1. The van der Waals surface area contributed by atoms with Gasteiger partial charge in [-0.15, -0.1) is 11.3 Å². The van der Waals surface area contributed by atoms with E-state index in [9.17, 15) is 13.6 Å². The van der Waals surface area contributed by atoms with Crippen molar-refractivity contribution in [3.63, 3.8) is 0 Å². The Balaban J connectivity index is 1.51. The number of alkyl halides is 2. The van der Waals surface area contributed by atoms with Gasteiger partial charge in [-0.2, -0.15) is 13.9 Å². The molecule has 5 rings (SSSR count). The predicted molar refractivity (Wildman–Crippen MR) is 124 cm³/mol. The zero-order chi connectivity index (χ0) is 22.9. The normalized spacial score (nSPS) is 12.4. The highest BCUT2D eigenvalue weighted by Gasteiger charge is 2.25. The molecule has 33 heavy (non-hydrogen) atoms. The fourth-order valence-electron chi connectivity index (χ4n) is 3.76. The monoisotopic (exact) mass is 463 g/mol. The minimum absolute atomic E-state index is 0.0904. The summed E-state index contributed by atoms with van der Waals surface area (Å²) in [5.74, 6) is -0.325. The minimum atomic E-state index is -2.78. The molecule has 9 heteroatoms. The summed E-state index contributed by atoms with van der Waals surface area (Å²) in [6.07, 6.45) is 1.66. The minimum Gasteiger partial charge on any atom is -0.342 e. The van der Waals surface area contributed by atoms with Gasteiger partial charge in [0.1, 0.15) is 11.5 Å². The van der Waals surface area contributed by atoms with Gasteiger partial charge in [-0.3, -0.25) is 9.36 Å². The second kappa shape index (κ2) is 8.59. The molecule has 0 radical (unpaired) electrons. The highest BCUT2D eigenvalue weighted by Crippen LogP contribution is 2.30. The first kappa shape index (κ1) is 21.0. The number of thiophene rings is 1. The van der Waals surface area contributed by atoms with E-state index in [0.29, 0.717) is 22.3 Å². The number of hydrogen-bond acceptors (Lipinski definition) is 4. The molecule has 0 fully saturated rings. The lowest BCUT2D eigenvalue weighted by Crippen LogP contribution is -2.29. The second-order valence-corrected chi connectivity index (χ2v) is 8.40. The summed E-state index contributed by atoms with van der Waals surface area (Å²) in [6, 6.07) is 19.2. The molecule has 1 N–H and O–H groups in total. The van der Waals surface area contributed by atoms with Crippen molar-refractivity contribution in [1.29, 1.82) is 0 Å². The Morgan fingerprint density at radius 1 is 1.03 bits per heavy atom. The van der Waals surface area contributed by atoms with Crippen molar-refractivity contribution in [2.24, 2.45) is 0 Å². The third-order valence-electron chi connectivity index (χ3n) is 5.29. The van der Waals surface area contributed by atoms with Crippen LogP contribution < -0.4 is 5.32 Å². The standard InChI is InChI=1S/C24H19F2N5OS/c1-15(22-28-18-10-5-6-11-19(18)31(22)24(25)26)27-23(32)17-14-30(16-8-3-2-4-9-16)29-21(17)20-12-7-13-33-20/h2-15,24H,1H3,(H,27,32)/t15-/m0/s1. The van der Waals surface area contributed by atoms with E-state index in [-0.39, 0.29) is 5.82 Å². The maximum atomic E-state index is 13.9. The molecule has 5 aromatic rings. The van der Waals surface area contributed by atoms with Crippen LogP contribution in [0.15, 0.2) is 78.3 Å². The number of rotatable bonds is 6. The van der Waals surface area contributed by atoms with E-state index in [0.717, 1.165) is 15.1 Å². The molecule has 0 spiro atoms. The number of aromatic nitrogens is 4. The van der Waals surface area contributed by atoms with Crippen molar-refractivity contribution < 1.29 is 13.6 Å². The van der Waals surface area contributed by atoms with Crippen molar-refractivity contribution in [2.75, 3.05) is 0 Å². The first-order chi connectivity index (χ1) is 16.0. The molecule has 0 unspecified atom stereocenters. The maximum Gasteiger partial charge on any atom is 0.320 e. The predicted octanol–water partition coefficient (Wildman–Crippen LogP) is 5.84. The van der Waals surface area contributed by atoms with Crippen LogP contribution in [0.25, 0.3) is 27.3 Å². The average molecular weight is 464 g/mol. The van der Waals surface area contributed by atoms with Crippen LogP contribution in [0.5, 0.6) is 0 Å². The molecule has 0 saturated heterocycles. The SMILES string of the molecule is C[C@H](NC(=O)c1cn(-c2ccccc2)nc1-c1cccs1)c1nc2ccccc2n1C(F)F. The average Bonchev–Trinajstić information content (AvgIpc) is 3.57. The lowest BCUT2D eigenvalue weighted by molar-refractivity contribution is 0.0688. The molecular weight excluding hydrogens is 444 g/mol. The van der Waals surface area contributed by atoms with Crippen LogP contribution in [-0.2, 0) is 0 Å². The second-order valence-electron chi connectivity index (χ2n) is 7.45. The molecule has 3 aromatic heterocycles. The summed E-state index contributed by atoms with van der Waals surface area (Å²) in [7, 11) is 0. The van der Waals surface area contributed by atoms with Crippen LogP contribution >= 0.6 is 11.3 Å². The van der Waals surface area contributed by atoms with E-state index in [4.69, 9.17) is 0 Å². The van der Waals surface area contributed by atoms with E-state index >= 15 is 0 Å². The zero-order valence-electron chi connectivity index (χ0n) is 17.5. The summed E-state index contributed by atoms with van der Waals surface area (Å²) in [5, 5.41) is 9.37. The topological polar surface area (TPSA) is 64.7 Å². The van der Waals surface area contributed by atoms with Gasteiger partial charge in [-0.25, -0.2) is 9.67 Å². The van der Waals surface area contributed by atoms with Crippen LogP contribution in [0.4, 0.5) is 8.78 Å². The van der Waals surface area contributed by atoms with Crippen LogP contribution in [0, 0.1) is 0 Å². The molecule has 0 bridgehead atoms. The van der Waals surface area contributed by atoms with Crippen molar-refractivity contribution >= 4 is 28.3 Å². The highest BCUT2D eigenvalue weighted by atomic mass is 32.1. The first-order valence-corrected chi connectivity index (χ1v) is 11.2.